The lowest BCUT2D eigenvalue weighted by atomic mass is 10.0. The van der Waals surface area contributed by atoms with Gasteiger partial charge in [-0.05, 0) is 50.0 Å². The average molecular weight is 190 g/mol. The summed E-state index contributed by atoms with van der Waals surface area (Å²) in [5.74, 6) is 0. The van der Waals surface area contributed by atoms with Crippen LogP contribution in [-0.2, 0) is 0 Å². The van der Waals surface area contributed by atoms with Crippen molar-refractivity contribution in [1.82, 2.24) is 0 Å². The molecule has 76 valence electrons. The minimum absolute atomic E-state index is 0.366. The van der Waals surface area contributed by atoms with Crippen LogP contribution in [0.25, 0.3) is 6.08 Å². The van der Waals surface area contributed by atoms with E-state index in [0.29, 0.717) is 0 Å². The number of rotatable bonds is 2. The number of hydrogen-bond acceptors (Lipinski definition) is 1. The second kappa shape index (κ2) is 4.43. The van der Waals surface area contributed by atoms with E-state index in [-0.39, 0.29) is 6.10 Å². The predicted octanol–water partition coefficient (Wildman–Crippen LogP) is 3.09. The Bertz CT molecular complexity index is 348. The lowest BCUT2D eigenvalue weighted by Crippen LogP contribution is -2.00. The molecule has 1 nitrogen and oxygen atoms in total. The molecular weight excluding hydrogens is 172 g/mol. The molecular formula is C13H18O. The smallest absolute Gasteiger partial charge is 0.0722 e. The molecule has 1 unspecified atom stereocenters. The van der Waals surface area contributed by atoms with Crippen LogP contribution in [0, 0.1) is 13.8 Å². The molecule has 1 aromatic carbocycles. The quantitative estimate of drug-likeness (QED) is 0.759. The highest BCUT2D eigenvalue weighted by Crippen LogP contribution is 2.16. The Labute approximate surface area is 86.1 Å². The minimum atomic E-state index is -0.366. The van der Waals surface area contributed by atoms with E-state index in [2.05, 4.69) is 26.0 Å². The van der Waals surface area contributed by atoms with Crippen LogP contribution in [0.1, 0.15) is 30.5 Å². The molecule has 0 radical (unpaired) electrons. The second-order valence-corrected chi connectivity index (χ2v) is 3.85. The number of aliphatic hydroxyl groups excluding tert-OH is 1. The van der Waals surface area contributed by atoms with Crippen LogP contribution in [-0.4, -0.2) is 11.2 Å². The van der Waals surface area contributed by atoms with Crippen LogP contribution in [0.4, 0.5) is 0 Å². The van der Waals surface area contributed by atoms with E-state index in [1.807, 2.05) is 19.1 Å². The van der Waals surface area contributed by atoms with Gasteiger partial charge in [-0.2, -0.15) is 0 Å². The molecule has 0 spiro atoms. The Morgan fingerprint density at radius 3 is 2.57 bits per heavy atom. The molecule has 1 atom stereocenters. The van der Waals surface area contributed by atoms with Gasteiger partial charge < -0.3 is 5.11 Å². The Morgan fingerprint density at radius 2 is 2.00 bits per heavy atom. The third-order valence-electron chi connectivity index (χ3n) is 2.69. The van der Waals surface area contributed by atoms with Gasteiger partial charge in [0.2, 0.25) is 0 Å². The highest BCUT2D eigenvalue weighted by Gasteiger charge is 2.01. The summed E-state index contributed by atoms with van der Waals surface area (Å²) in [5.41, 5.74) is 4.77. The van der Waals surface area contributed by atoms with Crippen LogP contribution in [0.3, 0.4) is 0 Å². The minimum Gasteiger partial charge on any atom is -0.389 e. The van der Waals surface area contributed by atoms with Gasteiger partial charge >= 0.3 is 0 Å². The topological polar surface area (TPSA) is 20.2 Å². The summed E-state index contributed by atoms with van der Waals surface area (Å²) in [5, 5.41) is 9.37. The molecule has 0 bridgehead atoms. The maximum atomic E-state index is 9.37. The van der Waals surface area contributed by atoms with Crippen molar-refractivity contribution in [3.63, 3.8) is 0 Å². The first-order valence-electron chi connectivity index (χ1n) is 4.95. The molecule has 1 N–H and O–H groups in total. The fourth-order valence-electron chi connectivity index (χ4n) is 1.30. The van der Waals surface area contributed by atoms with E-state index in [0.717, 1.165) is 5.57 Å². The van der Waals surface area contributed by atoms with Crippen molar-refractivity contribution in [3.05, 3.63) is 40.5 Å². The van der Waals surface area contributed by atoms with Gasteiger partial charge in [0.25, 0.3) is 0 Å². The molecule has 0 amide bonds. The first-order chi connectivity index (χ1) is 6.52. The number of aryl methyl sites for hydroxylation is 1. The van der Waals surface area contributed by atoms with Crippen molar-refractivity contribution in [1.29, 1.82) is 0 Å². The summed E-state index contributed by atoms with van der Waals surface area (Å²) >= 11 is 0. The molecule has 0 aliphatic rings. The molecule has 0 heterocycles. The van der Waals surface area contributed by atoms with Crippen LogP contribution in [0.5, 0.6) is 0 Å². The molecule has 1 aromatic rings. The highest BCUT2D eigenvalue weighted by atomic mass is 16.3. The summed E-state index contributed by atoms with van der Waals surface area (Å²) in [7, 11) is 0. The number of aliphatic hydroxyl groups is 1. The Hall–Kier alpha value is -1.08. The fraction of sp³-hybridized carbons (Fsp3) is 0.385. The Morgan fingerprint density at radius 1 is 1.36 bits per heavy atom. The summed E-state index contributed by atoms with van der Waals surface area (Å²) in [6.45, 7) is 7.95. The second-order valence-electron chi connectivity index (χ2n) is 3.85. The zero-order chi connectivity index (χ0) is 10.7. The summed E-state index contributed by atoms with van der Waals surface area (Å²) in [6.07, 6.45) is 1.68. The number of benzene rings is 1. The zero-order valence-electron chi connectivity index (χ0n) is 9.33. The monoisotopic (exact) mass is 190 g/mol. The predicted molar refractivity (Wildman–Crippen MR) is 61.2 cm³/mol. The Kier molecular flexibility index (Phi) is 3.48. The molecule has 0 saturated heterocycles. The van der Waals surface area contributed by atoms with E-state index in [1.165, 1.54) is 16.7 Å². The van der Waals surface area contributed by atoms with Crippen molar-refractivity contribution in [3.8, 4) is 0 Å². The zero-order valence-corrected chi connectivity index (χ0v) is 9.33. The third-order valence-corrected chi connectivity index (χ3v) is 2.69. The largest absolute Gasteiger partial charge is 0.389 e. The lowest BCUT2D eigenvalue weighted by molar-refractivity contribution is 0.232. The van der Waals surface area contributed by atoms with Crippen LogP contribution < -0.4 is 0 Å². The maximum absolute atomic E-state index is 9.37. The Balaban J connectivity index is 3.09. The maximum Gasteiger partial charge on any atom is 0.0722 e. The van der Waals surface area contributed by atoms with Gasteiger partial charge in [-0.1, -0.05) is 24.3 Å². The van der Waals surface area contributed by atoms with Gasteiger partial charge in [0.05, 0.1) is 6.10 Å². The van der Waals surface area contributed by atoms with Crippen LogP contribution in [0.2, 0.25) is 0 Å². The van der Waals surface area contributed by atoms with Crippen LogP contribution in [0.15, 0.2) is 23.8 Å². The number of hydrogen-bond donors (Lipinski definition) is 1. The van der Waals surface area contributed by atoms with Gasteiger partial charge in [-0.25, -0.2) is 0 Å². The molecule has 0 fully saturated rings. The molecule has 14 heavy (non-hydrogen) atoms. The fourth-order valence-corrected chi connectivity index (χ4v) is 1.30. The first-order valence-corrected chi connectivity index (χ1v) is 4.95. The molecule has 1 rings (SSSR count). The average Bonchev–Trinajstić information content (AvgIpc) is 2.12. The summed E-state index contributed by atoms with van der Waals surface area (Å²) in [6, 6.07) is 6.22. The van der Waals surface area contributed by atoms with Gasteiger partial charge in [-0.3, -0.25) is 0 Å². The van der Waals surface area contributed by atoms with Crippen molar-refractivity contribution >= 4 is 6.08 Å². The van der Waals surface area contributed by atoms with Gasteiger partial charge in [0, 0.05) is 0 Å². The molecule has 1 heteroatoms. The summed E-state index contributed by atoms with van der Waals surface area (Å²) in [4.78, 5) is 0. The van der Waals surface area contributed by atoms with E-state index in [4.69, 9.17) is 0 Å². The van der Waals surface area contributed by atoms with Crippen molar-refractivity contribution in [2.24, 2.45) is 0 Å². The SMILES string of the molecule is C/C(=C\c1cccc(C)c1C)C(C)O. The molecule has 0 aliphatic carbocycles. The van der Waals surface area contributed by atoms with E-state index in [9.17, 15) is 5.11 Å². The third kappa shape index (κ3) is 2.46. The summed E-state index contributed by atoms with van der Waals surface area (Å²) < 4.78 is 0. The van der Waals surface area contributed by atoms with Gasteiger partial charge in [0.1, 0.15) is 0 Å². The molecule has 0 saturated carbocycles. The van der Waals surface area contributed by atoms with Crippen molar-refractivity contribution < 1.29 is 5.11 Å². The lowest BCUT2D eigenvalue weighted by Gasteiger charge is -2.08. The van der Waals surface area contributed by atoms with Crippen molar-refractivity contribution in [2.75, 3.05) is 0 Å². The van der Waals surface area contributed by atoms with Gasteiger partial charge in [0.15, 0.2) is 0 Å². The highest BCUT2D eigenvalue weighted by molar-refractivity contribution is 5.58. The van der Waals surface area contributed by atoms with E-state index in [1.54, 1.807) is 6.92 Å². The molecule has 0 aromatic heterocycles. The first kappa shape index (κ1) is 11.0. The van der Waals surface area contributed by atoms with Crippen LogP contribution >= 0.6 is 0 Å². The standard InChI is InChI=1S/C13H18O/c1-9-6-5-7-13(11(9)3)8-10(2)12(4)14/h5-8,12,14H,1-4H3/b10-8+. The van der Waals surface area contributed by atoms with E-state index >= 15 is 0 Å². The van der Waals surface area contributed by atoms with Crippen molar-refractivity contribution in [2.45, 2.75) is 33.8 Å². The van der Waals surface area contributed by atoms with E-state index < -0.39 is 0 Å². The molecule has 0 aliphatic heterocycles. The normalized spacial score (nSPS) is 14.2. The van der Waals surface area contributed by atoms with Gasteiger partial charge in [-0.15, -0.1) is 0 Å².